The first-order valence-electron chi connectivity index (χ1n) is 6.44. The van der Waals surface area contributed by atoms with E-state index in [1.54, 1.807) is 0 Å². The Hall–Kier alpha value is -0.120. The van der Waals surface area contributed by atoms with Crippen molar-refractivity contribution in [1.29, 1.82) is 0 Å². The molecule has 0 amide bonds. The van der Waals surface area contributed by atoms with Crippen molar-refractivity contribution >= 4 is 0 Å². The van der Waals surface area contributed by atoms with E-state index in [2.05, 4.69) is 44.8 Å². The molecule has 2 atom stereocenters. The summed E-state index contributed by atoms with van der Waals surface area (Å²) in [6.45, 7) is 14.4. The first-order valence-corrected chi connectivity index (χ1v) is 6.44. The Bertz CT molecular complexity index is 263. The largest absolute Gasteiger partial charge is 0.370 e. The summed E-state index contributed by atoms with van der Waals surface area (Å²) in [4.78, 5) is 2.61. The SMILES string of the molecule is CC1CN(C2CNC(C)(C)C2)CC(C)(C)O1. The Morgan fingerprint density at radius 2 is 1.94 bits per heavy atom. The van der Waals surface area contributed by atoms with Crippen LogP contribution in [0.15, 0.2) is 0 Å². The Balaban J connectivity index is 2.00. The molecule has 0 aromatic rings. The molecule has 2 aliphatic heterocycles. The minimum atomic E-state index is 0.00436. The Labute approximate surface area is 99.5 Å². The number of hydrogen-bond donors (Lipinski definition) is 1. The maximum atomic E-state index is 5.95. The second-order valence-electron chi connectivity index (χ2n) is 6.74. The third kappa shape index (κ3) is 2.76. The first kappa shape index (κ1) is 12.3. The van der Waals surface area contributed by atoms with Crippen molar-refractivity contribution < 1.29 is 4.74 Å². The lowest BCUT2D eigenvalue weighted by molar-refractivity contribution is -0.136. The topological polar surface area (TPSA) is 24.5 Å². The van der Waals surface area contributed by atoms with Crippen LogP contribution < -0.4 is 5.32 Å². The van der Waals surface area contributed by atoms with Gasteiger partial charge in [-0.1, -0.05) is 0 Å². The minimum Gasteiger partial charge on any atom is -0.370 e. The van der Waals surface area contributed by atoms with E-state index < -0.39 is 0 Å². The van der Waals surface area contributed by atoms with Gasteiger partial charge in [-0.05, 0) is 41.0 Å². The molecule has 1 N–H and O–H groups in total. The van der Waals surface area contributed by atoms with Crippen molar-refractivity contribution in [1.82, 2.24) is 10.2 Å². The van der Waals surface area contributed by atoms with Crippen molar-refractivity contribution in [3.8, 4) is 0 Å². The molecular weight excluding hydrogens is 200 g/mol. The predicted molar refractivity (Wildman–Crippen MR) is 66.7 cm³/mol. The lowest BCUT2D eigenvalue weighted by Crippen LogP contribution is -2.55. The highest BCUT2D eigenvalue weighted by molar-refractivity contribution is 4.97. The van der Waals surface area contributed by atoms with Crippen molar-refractivity contribution in [2.75, 3.05) is 19.6 Å². The van der Waals surface area contributed by atoms with Crippen molar-refractivity contribution in [2.24, 2.45) is 0 Å². The molecule has 0 radical (unpaired) electrons. The Morgan fingerprint density at radius 3 is 2.44 bits per heavy atom. The lowest BCUT2D eigenvalue weighted by atomic mass is 9.98. The second kappa shape index (κ2) is 3.97. The van der Waals surface area contributed by atoms with E-state index in [-0.39, 0.29) is 5.60 Å². The number of morpholine rings is 1. The van der Waals surface area contributed by atoms with Crippen LogP contribution in [0.5, 0.6) is 0 Å². The molecule has 0 bridgehead atoms. The molecule has 2 aliphatic rings. The Morgan fingerprint density at radius 1 is 1.25 bits per heavy atom. The van der Waals surface area contributed by atoms with Gasteiger partial charge in [-0.15, -0.1) is 0 Å². The fourth-order valence-electron chi connectivity index (χ4n) is 3.17. The highest BCUT2D eigenvalue weighted by atomic mass is 16.5. The zero-order valence-corrected chi connectivity index (χ0v) is 11.3. The summed E-state index contributed by atoms with van der Waals surface area (Å²) in [5, 5.41) is 3.60. The molecular formula is C13H26N2O. The van der Waals surface area contributed by atoms with E-state index in [0.717, 1.165) is 19.6 Å². The summed E-state index contributed by atoms with van der Waals surface area (Å²) in [6, 6.07) is 0.681. The molecule has 2 heterocycles. The summed E-state index contributed by atoms with van der Waals surface area (Å²) < 4.78 is 5.95. The van der Waals surface area contributed by atoms with E-state index >= 15 is 0 Å². The minimum absolute atomic E-state index is 0.00436. The fourth-order valence-corrected chi connectivity index (χ4v) is 3.17. The Kier molecular flexibility index (Phi) is 3.06. The number of nitrogens with zero attached hydrogens (tertiary/aromatic N) is 1. The van der Waals surface area contributed by atoms with Crippen LogP contribution in [0.2, 0.25) is 0 Å². The van der Waals surface area contributed by atoms with Crippen LogP contribution in [0, 0.1) is 0 Å². The predicted octanol–water partition coefficient (Wildman–Crippen LogP) is 1.63. The van der Waals surface area contributed by atoms with Gasteiger partial charge in [0.2, 0.25) is 0 Å². The zero-order valence-electron chi connectivity index (χ0n) is 11.3. The molecule has 0 aromatic carbocycles. The van der Waals surface area contributed by atoms with Gasteiger partial charge in [0.15, 0.2) is 0 Å². The van der Waals surface area contributed by atoms with Crippen LogP contribution in [-0.4, -0.2) is 47.8 Å². The molecule has 0 aliphatic carbocycles. The molecule has 2 unspecified atom stereocenters. The van der Waals surface area contributed by atoms with Gasteiger partial charge >= 0.3 is 0 Å². The zero-order chi connectivity index (χ0) is 12.0. The summed E-state index contributed by atoms with van der Waals surface area (Å²) in [6.07, 6.45) is 1.60. The number of rotatable bonds is 1. The van der Waals surface area contributed by atoms with E-state index in [9.17, 15) is 0 Å². The molecule has 16 heavy (non-hydrogen) atoms. The van der Waals surface area contributed by atoms with Crippen LogP contribution in [0.4, 0.5) is 0 Å². The smallest absolute Gasteiger partial charge is 0.0757 e. The summed E-state index contributed by atoms with van der Waals surface area (Å²) in [5.41, 5.74) is 0.306. The van der Waals surface area contributed by atoms with Crippen LogP contribution >= 0.6 is 0 Å². The molecule has 2 rings (SSSR count). The van der Waals surface area contributed by atoms with E-state index in [4.69, 9.17) is 4.74 Å². The molecule has 0 aromatic heterocycles. The third-order valence-corrected chi connectivity index (χ3v) is 3.67. The van der Waals surface area contributed by atoms with Crippen LogP contribution in [0.25, 0.3) is 0 Å². The number of ether oxygens (including phenoxy) is 1. The lowest BCUT2D eigenvalue weighted by Gasteiger charge is -2.44. The van der Waals surface area contributed by atoms with Crippen LogP contribution in [-0.2, 0) is 4.74 Å². The second-order valence-corrected chi connectivity index (χ2v) is 6.74. The van der Waals surface area contributed by atoms with Crippen molar-refractivity contribution in [3.63, 3.8) is 0 Å². The molecule has 2 saturated heterocycles. The average molecular weight is 226 g/mol. The average Bonchev–Trinajstić information content (AvgIpc) is 2.42. The van der Waals surface area contributed by atoms with Gasteiger partial charge in [0.1, 0.15) is 0 Å². The summed E-state index contributed by atoms with van der Waals surface area (Å²) >= 11 is 0. The van der Waals surface area contributed by atoms with Gasteiger partial charge in [-0.3, -0.25) is 4.90 Å². The number of hydrogen-bond acceptors (Lipinski definition) is 3. The first-order chi connectivity index (χ1) is 7.27. The standard InChI is InChI=1S/C13H26N2O/c1-10-8-15(9-13(4,5)16-10)11-6-12(2,3)14-7-11/h10-11,14H,6-9H2,1-5H3. The van der Waals surface area contributed by atoms with Gasteiger partial charge in [0.25, 0.3) is 0 Å². The van der Waals surface area contributed by atoms with Gasteiger partial charge in [-0.25, -0.2) is 0 Å². The quantitative estimate of drug-likeness (QED) is 0.735. The van der Waals surface area contributed by atoms with Gasteiger partial charge in [-0.2, -0.15) is 0 Å². The molecule has 3 heteroatoms. The van der Waals surface area contributed by atoms with Crippen LogP contribution in [0.3, 0.4) is 0 Å². The van der Waals surface area contributed by atoms with Crippen LogP contribution in [0.1, 0.15) is 41.0 Å². The third-order valence-electron chi connectivity index (χ3n) is 3.67. The van der Waals surface area contributed by atoms with E-state index in [1.807, 2.05) is 0 Å². The molecule has 94 valence electrons. The molecule has 3 nitrogen and oxygen atoms in total. The maximum absolute atomic E-state index is 5.95. The summed E-state index contributed by atoms with van der Waals surface area (Å²) in [5.74, 6) is 0. The van der Waals surface area contributed by atoms with Gasteiger partial charge in [0.05, 0.1) is 11.7 Å². The highest BCUT2D eigenvalue weighted by Crippen LogP contribution is 2.28. The van der Waals surface area contributed by atoms with E-state index in [1.165, 1.54) is 6.42 Å². The molecule has 0 saturated carbocycles. The highest BCUT2D eigenvalue weighted by Gasteiger charge is 2.39. The monoisotopic (exact) mass is 226 g/mol. The van der Waals surface area contributed by atoms with Gasteiger partial charge in [0, 0.05) is 31.2 Å². The fraction of sp³-hybridized carbons (Fsp3) is 1.00. The summed E-state index contributed by atoms with van der Waals surface area (Å²) in [7, 11) is 0. The number of nitrogens with one attached hydrogen (secondary N) is 1. The van der Waals surface area contributed by atoms with Crippen molar-refractivity contribution in [3.05, 3.63) is 0 Å². The molecule has 0 spiro atoms. The van der Waals surface area contributed by atoms with Crippen molar-refractivity contribution in [2.45, 2.75) is 64.3 Å². The normalized spacial score (nSPS) is 38.8. The van der Waals surface area contributed by atoms with Gasteiger partial charge < -0.3 is 10.1 Å². The van der Waals surface area contributed by atoms with E-state index in [0.29, 0.717) is 17.7 Å². The molecule has 2 fully saturated rings. The maximum Gasteiger partial charge on any atom is 0.0757 e.